The lowest BCUT2D eigenvalue weighted by Gasteiger charge is -2.17. The van der Waals surface area contributed by atoms with Gasteiger partial charge in [-0.3, -0.25) is 0 Å². The van der Waals surface area contributed by atoms with Gasteiger partial charge in [-0.1, -0.05) is 24.3 Å². The summed E-state index contributed by atoms with van der Waals surface area (Å²) < 4.78 is 16.3. The number of nitrogens with zero attached hydrogens (tertiary/aromatic N) is 1. The summed E-state index contributed by atoms with van der Waals surface area (Å²) in [6, 6.07) is 15.6. The van der Waals surface area contributed by atoms with Gasteiger partial charge in [-0.05, 0) is 55.7 Å². The Bertz CT molecular complexity index is 781. The van der Waals surface area contributed by atoms with E-state index in [9.17, 15) is 5.11 Å². The van der Waals surface area contributed by atoms with Gasteiger partial charge in [0.15, 0.2) is 5.96 Å². The SMILES string of the molecule is CCOCCCNC(=NCc1ccc(OC)cc1)NCC(O)COc1cccc(C)c1. The topological polar surface area (TPSA) is 84.3 Å². The van der Waals surface area contributed by atoms with E-state index in [-0.39, 0.29) is 6.61 Å². The van der Waals surface area contributed by atoms with Crippen LogP contribution in [0.1, 0.15) is 24.5 Å². The number of hydrogen-bond acceptors (Lipinski definition) is 5. The molecule has 0 fully saturated rings. The van der Waals surface area contributed by atoms with Crippen LogP contribution in [-0.2, 0) is 11.3 Å². The zero-order valence-corrected chi connectivity index (χ0v) is 18.8. The normalized spacial score (nSPS) is 12.3. The van der Waals surface area contributed by atoms with Gasteiger partial charge in [-0.25, -0.2) is 4.99 Å². The molecule has 0 heterocycles. The number of aliphatic hydroxyl groups is 1. The summed E-state index contributed by atoms with van der Waals surface area (Å²) in [6.07, 6.45) is 0.202. The van der Waals surface area contributed by atoms with E-state index < -0.39 is 6.10 Å². The highest BCUT2D eigenvalue weighted by Crippen LogP contribution is 2.13. The van der Waals surface area contributed by atoms with Crippen LogP contribution in [0, 0.1) is 6.92 Å². The summed E-state index contributed by atoms with van der Waals surface area (Å²) >= 11 is 0. The van der Waals surface area contributed by atoms with E-state index in [0.29, 0.717) is 32.3 Å². The lowest BCUT2D eigenvalue weighted by Crippen LogP contribution is -2.43. The molecule has 1 atom stereocenters. The van der Waals surface area contributed by atoms with Crippen LogP contribution in [0.4, 0.5) is 0 Å². The summed E-state index contributed by atoms with van der Waals surface area (Å²) in [5, 5.41) is 16.8. The first-order chi connectivity index (χ1) is 15.1. The Morgan fingerprint density at radius 1 is 1.10 bits per heavy atom. The molecule has 0 aliphatic carbocycles. The van der Waals surface area contributed by atoms with Crippen LogP contribution in [0.25, 0.3) is 0 Å². The monoisotopic (exact) mass is 429 g/mol. The summed E-state index contributed by atoms with van der Waals surface area (Å²) in [5.74, 6) is 2.21. The first kappa shape index (κ1) is 24.5. The molecule has 3 N–H and O–H groups in total. The second kappa shape index (κ2) is 14.3. The quantitative estimate of drug-likeness (QED) is 0.258. The number of benzene rings is 2. The molecular weight excluding hydrogens is 394 g/mol. The molecule has 0 spiro atoms. The summed E-state index contributed by atoms with van der Waals surface area (Å²) in [7, 11) is 1.65. The molecule has 31 heavy (non-hydrogen) atoms. The molecule has 0 radical (unpaired) electrons. The van der Waals surface area contributed by atoms with E-state index in [1.165, 1.54) is 0 Å². The number of guanidine groups is 1. The molecule has 0 aliphatic rings. The fourth-order valence-electron chi connectivity index (χ4n) is 2.77. The molecule has 0 amide bonds. The van der Waals surface area contributed by atoms with Gasteiger partial charge < -0.3 is 30.0 Å². The van der Waals surface area contributed by atoms with Gasteiger partial charge in [0.2, 0.25) is 0 Å². The molecule has 0 saturated heterocycles. The average Bonchev–Trinajstić information content (AvgIpc) is 2.79. The standard InChI is InChI=1S/C24H35N3O4/c1-4-30-14-6-13-25-24(26-16-20-9-11-22(29-3)12-10-20)27-17-21(28)18-31-23-8-5-7-19(2)15-23/h5,7-12,15,21,28H,4,6,13-14,16-18H2,1-3H3,(H2,25,26,27). The van der Waals surface area contributed by atoms with Crippen LogP contribution in [0.2, 0.25) is 0 Å². The molecule has 0 aliphatic heterocycles. The largest absolute Gasteiger partial charge is 0.497 e. The van der Waals surface area contributed by atoms with Gasteiger partial charge in [-0.15, -0.1) is 0 Å². The highest BCUT2D eigenvalue weighted by atomic mass is 16.5. The number of aliphatic imine (C=N–C) groups is 1. The van der Waals surface area contributed by atoms with Crippen LogP contribution in [0.15, 0.2) is 53.5 Å². The number of rotatable bonds is 13. The fourth-order valence-corrected chi connectivity index (χ4v) is 2.77. The third-order valence-electron chi connectivity index (χ3n) is 4.48. The van der Waals surface area contributed by atoms with Crippen molar-refractivity contribution < 1.29 is 19.3 Å². The number of ether oxygens (including phenoxy) is 3. The van der Waals surface area contributed by atoms with Gasteiger partial charge in [-0.2, -0.15) is 0 Å². The molecule has 7 heteroatoms. The maximum Gasteiger partial charge on any atom is 0.191 e. The number of methoxy groups -OCH3 is 1. The van der Waals surface area contributed by atoms with Crippen LogP contribution in [-0.4, -0.2) is 57.2 Å². The summed E-state index contributed by atoms with van der Waals surface area (Å²) in [4.78, 5) is 4.63. The molecule has 2 rings (SSSR count). The van der Waals surface area contributed by atoms with Crippen molar-refractivity contribution >= 4 is 5.96 Å². The maximum absolute atomic E-state index is 10.3. The van der Waals surface area contributed by atoms with Gasteiger partial charge in [0.25, 0.3) is 0 Å². The highest BCUT2D eigenvalue weighted by Gasteiger charge is 2.08. The van der Waals surface area contributed by atoms with E-state index >= 15 is 0 Å². The number of hydrogen-bond donors (Lipinski definition) is 3. The number of aliphatic hydroxyl groups excluding tert-OH is 1. The van der Waals surface area contributed by atoms with Crippen LogP contribution in [0.3, 0.4) is 0 Å². The second-order valence-corrected chi connectivity index (χ2v) is 7.15. The lowest BCUT2D eigenvalue weighted by molar-refractivity contribution is 0.110. The smallest absolute Gasteiger partial charge is 0.191 e. The Morgan fingerprint density at radius 2 is 1.90 bits per heavy atom. The molecule has 7 nitrogen and oxygen atoms in total. The Kier molecular flexibility index (Phi) is 11.3. The Labute approximate surface area is 185 Å². The van der Waals surface area contributed by atoms with Gasteiger partial charge in [0, 0.05) is 26.3 Å². The fraction of sp³-hybridized carbons (Fsp3) is 0.458. The average molecular weight is 430 g/mol. The van der Waals surface area contributed by atoms with Crippen LogP contribution < -0.4 is 20.1 Å². The second-order valence-electron chi connectivity index (χ2n) is 7.15. The van der Waals surface area contributed by atoms with Crippen LogP contribution in [0.5, 0.6) is 11.5 Å². The van der Waals surface area contributed by atoms with E-state index in [4.69, 9.17) is 14.2 Å². The molecule has 2 aromatic rings. The molecule has 2 aromatic carbocycles. The predicted octanol–water partition coefficient (Wildman–Crippen LogP) is 2.91. The lowest BCUT2D eigenvalue weighted by atomic mass is 10.2. The number of aryl methyl sites for hydroxylation is 1. The van der Waals surface area contributed by atoms with Crippen molar-refractivity contribution in [2.45, 2.75) is 32.9 Å². The Morgan fingerprint density at radius 3 is 2.61 bits per heavy atom. The van der Waals surface area contributed by atoms with E-state index in [0.717, 1.165) is 35.6 Å². The summed E-state index contributed by atoms with van der Waals surface area (Å²) in [5.41, 5.74) is 2.19. The maximum atomic E-state index is 10.3. The van der Waals surface area contributed by atoms with E-state index in [2.05, 4.69) is 15.6 Å². The van der Waals surface area contributed by atoms with Crippen LogP contribution >= 0.6 is 0 Å². The van der Waals surface area contributed by atoms with E-state index in [1.54, 1.807) is 7.11 Å². The third kappa shape index (κ3) is 10.2. The van der Waals surface area contributed by atoms with Crippen molar-refractivity contribution in [3.05, 3.63) is 59.7 Å². The minimum atomic E-state index is -0.670. The minimum absolute atomic E-state index is 0.201. The van der Waals surface area contributed by atoms with Gasteiger partial charge in [0.05, 0.1) is 13.7 Å². The van der Waals surface area contributed by atoms with Gasteiger partial charge >= 0.3 is 0 Å². The van der Waals surface area contributed by atoms with Crippen molar-refractivity contribution in [1.82, 2.24) is 10.6 Å². The first-order valence-corrected chi connectivity index (χ1v) is 10.7. The minimum Gasteiger partial charge on any atom is -0.497 e. The third-order valence-corrected chi connectivity index (χ3v) is 4.48. The molecule has 0 aromatic heterocycles. The molecular formula is C24H35N3O4. The van der Waals surface area contributed by atoms with Gasteiger partial charge in [0.1, 0.15) is 24.2 Å². The van der Waals surface area contributed by atoms with Crippen molar-refractivity contribution in [2.75, 3.05) is 40.0 Å². The van der Waals surface area contributed by atoms with E-state index in [1.807, 2.05) is 62.4 Å². The molecule has 1 unspecified atom stereocenters. The van der Waals surface area contributed by atoms with Crippen molar-refractivity contribution in [2.24, 2.45) is 4.99 Å². The zero-order valence-electron chi connectivity index (χ0n) is 18.8. The van der Waals surface area contributed by atoms with Crippen molar-refractivity contribution in [3.8, 4) is 11.5 Å². The molecule has 0 bridgehead atoms. The molecule has 0 saturated carbocycles. The summed E-state index contributed by atoms with van der Waals surface area (Å²) in [6.45, 7) is 7.17. The Balaban J connectivity index is 1.85. The predicted molar refractivity (Wildman–Crippen MR) is 124 cm³/mol. The van der Waals surface area contributed by atoms with Crippen molar-refractivity contribution in [1.29, 1.82) is 0 Å². The first-order valence-electron chi connectivity index (χ1n) is 10.7. The Hall–Kier alpha value is -2.77. The molecule has 170 valence electrons. The van der Waals surface area contributed by atoms with Crippen molar-refractivity contribution in [3.63, 3.8) is 0 Å². The number of nitrogens with one attached hydrogen (secondary N) is 2. The highest BCUT2D eigenvalue weighted by molar-refractivity contribution is 5.79. The zero-order chi connectivity index (χ0) is 22.3.